The number of nitrogens with zero attached hydrogens (tertiary/aromatic N) is 4. The van der Waals surface area contributed by atoms with E-state index in [-0.39, 0.29) is 30.3 Å². The molecule has 2 fully saturated rings. The first kappa shape index (κ1) is 24.4. The summed E-state index contributed by atoms with van der Waals surface area (Å²) >= 11 is 0. The van der Waals surface area contributed by atoms with Gasteiger partial charge in [-0.1, -0.05) is 49.6 Å². The van der Waals surface area contributed by atoms with Crippen LogP contribution in [0.15, 0.2) is 39.9 Å². The van der Waals surface area contributed by atoms with Crippen molar-refractivity contribution < 1.29 is 4.79 Å². The van der Waals surface area contributed by atoms with E-state index in [0.717, 1.165) is 55.2 Å². The third-order valence-corrected chi connectivity index (χ3v) is 7.34. The maximum atomic E-state index is 13.3. The molecule has 1 aliphatic heterocycles. The Morgan fingerprint density at radius 1 is 0.941 bits per heavy atom. The summed E-state index contributed by atoms with van der Waals surface area (Å²) in [6, 6.07) is 9.41. The fourth-order valence-electron chi connectivity index (χ4n) is 5.35. The second-order valence-electron chi connectivity index (χ2n) is 9.84. The first-order chi connectivity index (χ1) is 16.4. The SMILES string of the molecule is Cn1c(=O)c(C(=O)CN2CCCN(CC3CCCCC3)CC2)c(N)n(Cc2ccccc2)c1=O. The van der Waals surface area contributed by atoms with E-state index in [1.165, 1.54) is 43.7 Å². The van der Waals surface area contributed by atoms with Crippen LogP contribution in [0.5, 0.6) is 0 Å². The minimum absolute atomic E-state index is 0.0456. The third kappa shape index (κ3) is 5.67. The molecule has 0 amide bonds. The normalized spacial score (nSPS) is 18.6. The zero-order valence-corrected chi connectivity index (χ0v) is 20.2. The van der Waals surface area contributed by atoms with Crippen LogP contribution in [0.2, 0.25) is 0 Å². The largest absolute Gasteiger partial charge is 0.384 e. The molecule has 184 valence electrons. The number of hydrogen-bond acceptors (Lipinski definition) is 6. The van der Waals surface area contributed by atoms with E-state index in [1.807, 2.05) is 30.3 Å². The second-order valence-corrected chi connectivity index (χ2v) is 9.84. The van der Waals surface area contributed by atoms with Gasteiger partial charge >= 0.3 is 5.69 Å². The van der Waals surface area contributed by atoms with Crippen molar-refractivity contribution in [2.75, 3.05) is 45.0 Å². The molecule has 1 aromatic carbocycles. The Morgan fingerprint density at radius 2 is 1.62 bits per heavy atom. The van der Waals surface area contributed by atoms with Crippen LogP contribution < -0.4 is 17.0 Å². The van der Waals surface area contributed by atoms with Gasteiger partial charge in [-0.15, -0.1) is 0 Å². The monoisotopic (exact) mass is 467 g/mol. The van der Waals surface area contributed by atoms with Gasteiger partial charge in [0, 0.05) is 26.7 Å². The van der Waals surface area contributed by atoms with Crippen LogP contribution in [0.25, 0.3) is 0 Å². The number of nitrogens with two attached hydrogens (primary N) is 1. The minimum Gasteiger partial charge on any atom is -0.384 e. The molecule has 0 unspecified atom stereocenters. The lowest BCUT2D eigenvalue weighted by Crippen LogP contribution is -2.44. The highest BCUT2D eigenvalue weighted by molar-refractivity contribution is 6.01. The highest BCUT2D eigenvalue weighted by Gasteiger charge is 2.25. The Morgan fingerprint density at radius 3 is 2.35 bits per heavy atom. The topological polar surface area (TPSA) is 93.6 Å². The number of benzene rings is 1. The number of Topliss-reactive ketones (excluding diaryl/α,β-unsaturated/α-hetero) is 1. The first-order valence-electron chi connectivity index (χ1n) is 12.5. The van der Waals surface area contributed by atoms with Gasteiger partial charge in [-0.25, -0.2) is 4.79 Å². The summed E-state index contributed by atoms with van der Waals surface area (Å²) in [5.41, 5.74) is 5.92. The standard InChI is InChI=1S/C26H37N5O3/c1-28-25(33)23(24(27)31(26(28)34)18-21-11-6-3-7-12-21)22(32)19-30-14-8-13-29(15-16-30)17-20-9-4-2-5-10-20/h3,6-7,11-12,20H,2,4-5,8-10,13-19,27H2,1H3. The number of hydrogen-bond donors (Lipinski definition) is 1. The maximum Gasteiger partial charge on any atom is 0.332 e. The molecule has 2 N–H and O–H groups in total. The van der Waals surface area contributed by atoms with Crippen LogP contribution in [-0.4, -0.2) is 64.0 Å². The Bertz CT molecular complexity index is 1100. The Labute approximate surface area is 201 Å². The summed E-state index contributed by atoms with van der Waals surface area (Å²) < 4.78 is 2.30. The van der Waals surface area contributed by atoms with Gasteiger partial charge in [-0.05, 0) is 43.8 Å². The van der Waals surface area contributed by atoms with Crippen molar-refractivity contribution in [2.45, 2.75) is 45.1 Å². The number of carbonyl (C=O) groups is 1. The van der Waals surface area contributed by atoms with E-state index >= 15 is 0 Å². The average Bonchev–Trinajstić information content (AvgIpc) is 3.07. The molecule has 2 aromatic rings. The number of carbonyl (C=O) groups excluding carboxylic acids is 1. The van der Waals surface area contributed by atoms with Crippen LogP contribution in [-0.2, 0) is 13.6 Å². The number of aromatic nitrogens is 2. The van der Waals surface area contributed by atoms with Crippen molar-refractivity contribution in [1.82, 2.24) is 18.9 Å². The van der Waals surface area contributed by atoms with Gasteiger partial charge in [0.15, 0.2) is 5.78 Å². The molecule has 1 saturated carbocycles. The van der Waals surface area contributed by atoms with Crippen molar-refractivity contribution in [3.63, 3.8) is 0 Å². The van der Waals surface area contributed by atoms with Gasteiger partial charge < -0.3 is 10.6 Å². The summed E-state index contributed by atoms with van der Waals surface area (Å²) in [5.74, 6) is 0.437. The number of ketones is 1. The first-order valence-corrected chi connectivity index (χ1v) is 12.5. The van der Waals surface area contributed by atoms with Crippen molar-refractivity contribution in [1.29, 1.82) is 0 Å². The molecule has 0 spiro atoms. The minimum atomic E-state index is -0.620. The lowest BCUT2D eigenvalue weighted by atomic mass is 9.89. The molecule has 1 aromatic heterocycles. The fourth-order valence-corrected chi connectivity index (χ4v) is 5.35. The van der Waals surface area contributed by atoms with Gasteiger partial charge in [-0.2, -0.15) is 0 Å². The van der Waals surface area contributed by atoms with E-state index in [1.54, 1.807) is 0 Å². The van der Waals surface area contributed by atoms with E-state index in [4.69, 9.17) is 5.73 Å². The van der Waals surface area contributed by atoms with Crippen molar-refractivity contribution in [3.8, 4) is 0 Å². The van der Waals surface area contributed by atoms with Gasteiger partial charge in [0.1, 0.15) is 11.4 Å². The third-order valence-electron chi connectivity index (χ3n) is 7.34. The Hall–Kier alpha value is -2.71. The van der Waals surface area contributed by atoms with Gasteiger partial charge in [0.25, 0.3) is 5.56 Å². The van der Waals surface area contributed by atoms with E-state index < -0.39 is 11.2 Å². The molecule has 4 rings (SSSR count). The maximum absolute atomic E-state index is 13.3. The summed E-state index contributed by atoms with van der Waals surface area (Å²) in [7, 11) is 1.40. The van der Waals surface area contributed by atoms with E-state index in [2.05, 4.69) is 9.80 Å². The molecular weight excluding hydrogens is 430 g/mol. The molecular formula is C26H37N5O3. The Balaban J connectivity index is 1.46. The molecule has 8 heteroatoms. The van der Waals surface area contributed by atoms with Crippen LogP contribution in [0.3, 0.4) is 0 Å². The summed E-state index contributed by atoms with van der Waals surface area (Å²) in [4.78, 5) is 43.5. The highest BCUT2D eigenvalue weighted by Crippen LogP contribution is 2.24. The van der Waals surface area contributed by atoms with Gasteiger partial charge in [0.05, 0.1) is 13.1 Å². The van der Waals surface area contributed by atoms with Gasteiger partial charge in [0.2, 0.25) is 0 Å². The molecule has 34 heavy (non-hydrogen) atoms. The van der Waals surface area contributed by atoms with Crippen molar-refractivity contribution in [2.24, 2.45) is 13.0 Å². The zero-order chi connectivity index (χ0) is 24.1. The molecule has 1 aliphatic carbocycles. The predicted octanol–water partition coefficient (Wildman–Crippen LogP) is 1.95. The van der Waals surface area contributed by atoms with Crippen molar-refractivity contribution in [3.05, 3.63) is 62.3 Å². The number of rotatable bonds is 7. The van der Waals surface area contributed by atoms with Crippen molar-refractivity contribution >= 4 is 11.6 Å². The van der Waals surface area contributed by atoms with E-state index in [9.17, 15) is 14.4 Å². The zero-order valence-electron chi connectivity index (χ0n) is 20.2. The van der Waals surface area contributed by atoms with Gasteiger partial charge in [-0.3, -0.25) is 23.6 Å². The van der Waals surface area contributed by atoms with Crippen LogP contribution >= 0.6 is 0 Å². The summed E-state index contributed by atoms with van der Waals surface area (Å²) in [5, 5.41) is 0. The lowest BCUT2D eigenvalue weighted by Gasteiger charge is -2.28. The van der Waals surface area contributed by atoms with E-state index in [0.29, 0.717) is 0 Å². The molecule has 0 atom stereocenters. The molecule has 1 saturated heterocycles. The molecule has 0 bridgehead atoms. The van der Waals surface area contributed by atoms with Crippen LogP contribution in [0, 0.1) is 5.92 Å². The second kappa shape index (κ2) is 11.1. The number of nitrogen functional groups attached to an aromatic ring is 1. The average molecular weight is 468 g/mol. The molecule has 8 nitrogen and oxygen atoms in total. The predicted molar refractivity (Wildman–Crippen MR) is 134 cm³/mol. The number of anilines is 1. The summed E-state index contributed by atoms with van der Waals surface area (Å²) in [6.45, 7) is 5.09. The highest BCUT2D eigenvalue weighted by atomic mass is 16.2. The smallest absolute Gasteiger partial charge is 0.332 e. The molecule has 0 radical (unpaired) electrons. The van der Waals surface area contributed by atoms with Crippen LogP contribution in [0.4, 0.5) is 5.82 Å². The quantitative estimate of drug-likeness (QED) is 0.626. The fraction of sp³-hybridized carbons (Fsp3) is 0.577. The molecule has 2 aliphatic rings. The summed E-state index contributed by atoms with van der Waals surface area (Å²) in [6.07, 6.45) is 7.73. The lowest BCUT2D eigenvalue weighted by molar-refractivity contribution is 0.0930. The molecule has 2 heterocycles. The Kier molecular flexibility index (Phi) is 8.00. The van der Waals surface area contributed by atoms with Crippen LogP contribution in [0.1, 0.15) is 54.4 Å².